The number of benzene rings is 2. The molecule has 6 nitrogen and oxygen atoms in total. The molecule has 3 atom stereocenters. The number of aliphatic hydroxyl groups excluding tert-OH is 1. The Morgan fingerprint density at radius 2 is 2.07 bits per heavy atom. The predicted molar refractivity (Wildman–Crippen MR) is 109 cm³/mol. The van der Waals surface area contributed by atoms with Crippen molar-refractivity contribution in [2.45, 2.75) is 18.4 Å². The first kappa shape index (κ1) is 20.5. The van der Waals surface area contributed by atoms with Gasteiger partial charge in [0.1, 0.15) is 24.1 Å². The van der Waals surface area contributed by atoms with Crippen LogP contribution < -0.4 is 19.7 Å². The Bertz CT molecular complexity index is 830. The zero-order valence-corrected chi connectivity index (χ0v) is 16.8. The average Bonchev–Trinajstić information content (AvgIpc) is 2.68. The van der Waals surface area contributed by atoms with E-state index in [0.29, 0.717) is 23.0 Å². The largest absolute Gasteiger partial charge is 0.497 e. The summed E-state index contributed by atoms with van der Waals surface area (Å²) in [5.41, 5.74) is 1.62. The van der Waals surface area contributed by atoms with E-state index in [2.05, 4.69) is 5.32 Å². The minimum absolute atomic E-state index is 0.0509. The Kier molecular flexibility index (Phi) is 6.78. The van der Waals surface area contributed by atoms with Crippen molar-refractivity contribution in [3.8, 4) is 11.5 Å². The van der Waals surface area contributed by atoms with Crippen molar-refractivity contribution in [2.75, 3.05) is 39.2 Å². The number of halogens is 1. The molecule has 0 saturated carbocycles. The minimum atomic E-state index is -0.510. The van der Waals surface area contributed by atoms with E-state index in [1.807, 2.05) is 24.3 Å². The molecule has 3 rings (SSSR count). The summed E-state index contributed by atoms with van der Waals surface area (Å²) in [5, 5.41) is 14.0. The van der Waals surface area contributed by atoms with E-state index in [-0.39, 0.29) is 18.4 Å². The van der Waals surface area contributed by atoms with Gasteiger partial charge in [0.15, 0.2) is 6.54 Å². The van der Waals surface area contributed by atoms with E-state index in [0.717, 1.165) is 29.2 Å². The van der Waals surface area contributed by atoms with Crippen LogP contribution in [0.15, 0.2) is 42.5 Å². The molecule has 0 radical (unpaired) electrons. The molecule has 0 aliphatic carbocycles. The summed E-state index contributed by atoms with van der Waals surface area (Å²) in [5.74, 6) is 1.26. The van der Waals surface area contributed by atoms with Gasteiger partial charge in [-0.15, -0.1) is 0 Å². The number of aliphatic hydroxyl groups is 1. The van der Waals surface area contributed by atoms with Crippen LogP contribution in [-0.4, -0.2) is 51.0 Å². The molecule has 150 valence electrons. The zero-order valence-electron chi connectivity index (χ0n) is 16.1. The topological polar surface area (TPSA) is 72.2 Å². The number of quaternary nitrogens is 1. The first-order valence-corrected chi connectivity index (χ1v) is 9.67. The number of ether oxygens (including phenoxy) is 2. The average molecular weight is 406 g/mol. The first-order chi connectivity index (χ1) is 13.5. The first-order valence-electron chi connectivity index (χ1n) is 9.29. The summed E-state index contributed by atoms with van der Waals surface area (Å²) in [7, 11) is 3.18. The highest BCUT2D eigenvalue weighted by Crippen LogP contribution is 2.28. The van der Waals surface area contributed by atoms with Crippen molar-refractivity contribution in [2.24, 2.45) is 0 Å². The molecule has 0 bridgehead atoms. The van der Waals surface area contributed by atoms with Crippen LogP contribution in [-0.2, 0) is 4.79 Å². The zero-order chi connectivity index (χ0) is 20.1. The van der Waals surface area contributed by atoms with Gasteiger partial charge in [-0.2, -0.15) is 0 Å². The van der Waals surface area contributed by atoms with Gasteiger partial charge in [0.25, 0.3) is 5.91 Å². The van der Waals surface area contributed by atoms with Crippen LogP contribution in [0.2, 0.25) is 5.02 Å². The smallest absolute Gasteiger partial charge is 0.279 e. The fraction of sp³-hybridized carbons (Fsp3) is 0.381. The van der Waals surface area contributed by atoms with Crippen molar-refractivity contribution in [1.29, 1.82) is 0 Å². The summed E-state index contributed by atoms with van der Waals surface area (Å²) >= 11 is 6.01. The van der Waals surface area contributed by atoms with Crippen LogP contribution in [0.5, 0.6) is 11.5 Å². The van der Waals surface area contributed by atoms with Gasteiger partial charge < -0.3 is 24.8 Å². The van der Waals surface area contributed by atoms with E-state index in [4.69, 9.17) is 21.1 Å². The Labute approximate surface area is 170 Å². The van der Waals surface area contributed by atoms with Crippen LogP contribution in [0, 0.1) is 0 Å². The lowest BCUT2D eigenvalue weighted by Gasteiger charge is -2.33. The third-order valence-corrected chi connectivity index (χ3v) is 5.37. The van der Waals surface area contributed by atoms with Gasteiger partial charge >= 0.3 is 0 Å². The lowest BCUT2D eigenvalue weighted by atomic mass is 9.87. The van der Waals surface area contributed by atoms with Crippen molar-refractivity contribution in [1.82, 2.24) is 0 Å². The molecule has 1 aliphatic rings. The number of nitrogens with one attached hydrogen (secondary N) is 2. The summed E-state index contributed by atoms with van der Waals surface area (Å²) in [6.07, 6.45) is 0.293. The van der Waals surface area contributed by atoms with Crippen LogP contribution in [0.4, 0.5) is 5.69 Å². The Balaban J connectivity index is 1.58. The maximum Gasteiger partial charge on any atom is 0.279 e. The van der Waals surface area contributed by atoms with Crippen LogP contribution >= 0.6 is 11.6 Å². The maximum atomic E-state index is 12.5. The highest BCUT2D eigenvalue weighted by atomic mass is 35.5. The molecule has 1 heterocycles. The Morgan fingerprint density at radius 3 is 2.79 bits per heavy atom. The summed E-state index contributed by atoms with van der Waals surface area (Å²) < 4.78 is 10.5. The number of carbonyl (C=O) groups is 1. The second-order valence-electron chi connectivity index (χ2n) is 7.01. The predicted octanol–water partition coefficient (Wildman–Crippen LogP) is 1.73. The maximum absolute atomic E-state index is 12.5. The second kappa shape index (κ2) is 9.28. The van der Waals surface area contributed by atoms with Crippen molar-refractivity contribution < 1.29 is 24.3 Å². The van der Waals surface area contributed by atoms with Crippen molar-refractivity contribution >= 4 is 23.2 Å². The molecule has 2 aromatic rings. The van der Waals surface area contributed by atoms with E-state index < -0.39 is 6.10 Å². The molecule has 1 saturated heterocycles. The molecule has 28 heavy (non-hydrogen) atoms. The number of hydrogen-bond acceptors (Lipinski definition) is 4. The Hall–Kier alpha value is -2.28. The van der Waals surface area contributed by atoms with Gasteiger partial charge in [-0.25, -0.2) is 0 Å². The van der Waals surface area contributed by atoms with Gasteiger partial charge in [-0.3, -0.25) is 4.79 Å². The number of carbonyl (C=O) groups excluding carboxylic acids is 1. The van der Waals surface area contributed by atoms with E-state index in [1.165, 1.54) is 0 Å². The van der Waals surface area contributed by atoms with E-state index in [1.54, 1.807) is 32.4 Å². The minimum Gasteiger partial charge on any atom is -0.497 e. The molecular weight excluding hydrogens is 380 g/mol. The van der Waals surface area contributed by atoms with Gasteiger partial charge in [-0.05, 0) is 35.9 Å². The third kappa shape index (κ3) is 4.95. The van der Waals surface area contributed by atoms with Crippen molar-refractivity contribution in [3.05, 3.63) is 53.1 Å². The second-order valence-corrected chi connectivity index (χ2v) is 7.45. The van der Waals surface area contributed by atoms with Crippen molar-refractivity contribution in [3.63, 3.8) is 0 Å². The quantitative estimate of drug-likeness (QED) is 0.684. The van der Waals surface area contributed by atoms with Gasteiger partial charge in [0.05, 0.1) is 26.5 Å². The number of likely N-dealkylation sites (tertiary alicyclic amines) is 1. The highest BCUT2D eigenvalue weighted by molar-refractivity contribution is 6.31. The molecule has 0 aromatic heterocycles. The fourth-order valence-electron chi connectivity index (χ4n) is 3.71. The molecule has 1 aliphatic heterocycles. The van der Waals surface area contributed by atoms with Gasteiger partial charge in [0, 0.05) is 17.4 Å². The molecule has 1 unspecified atom stereocenters. The highest BCUT2D eigenvalue weighted by Gasteiger charge is 2.32. The number of amides is 1. The monoisotopic (exact) mass is 405 g/mol. The van der Waals surface area contributed by atoms with Gasteiger partial charge in [-0.1, -0.05) is 23.7 Å². The molecule has 2 aromatic carbocycles. The summed E-state index contributed by atoms with van der Waals surface area (Å²) in [6.45, 7) is 1.60. The number of piperidine rings is 1. The molecule has 7 heteroatoms. The Morgan fingerprint density at radius 1 is 1.25 bits per heavy atom. The number of anilines is 1. The molecular formula is C21H26ClN2O4+. The summed E-state index contributed by atoms with van der Waals surface area (Å²) in [6, 6.07) is 12.9. The van der Waals surface area contributed by atoms with E-state index >= 15 is 0 Å². The SMILES string of the molecule is COc1cccc([C@H]2CC[NH+](CC(=O)Nc3cc(Cl)ccc3OC)C[C@@H]2O)c1. The molecule has 3 N–H and O–H groups in total. The third-order valence-electron chi connectivity index (χ3n) is 5.14. The lowest BCUT2D eigenvalue weighted by molar-refractivity contribution is -0.900. The fourth-order valence-corrected chi connectivity index (χ4v) is 3.89. The normalized spacial score (nSPS) is 21.8. The molecule has 1 amide bonds. The lowest BCUT2D eigenvalue weighted by Crippen LogP contribution is -3.15. The van der Waals surface area contributed by atoms with Crippen LogP contribution in [0.25, 0.3) is 0 Å². The van der Waals surface area contributed by atoms with Crippen LogP contribution in [0.1, 0.15) is 17.9 Å². The standard InChI is InChI=1S/C21H25ClN2O4/c1-27-16-5-3-4-14(10-16)17-8-9-24(12-19(17)25)13-21(26)23-18-11-15(22)6-7-20(18)28-2/h3-7,10-11,17,19,25H,8-9,12-13H2,1-2H3,(H,23,26)/p+1/t17-,19+/m1/s1. The number of hydrogen-bond donors (Lipinski definition) is 3. The number of rotatable bonds is 6. The molecule has 1 fully saturated rings. The number of methoxy groups -OCH3 is 2. The summed E-state index contributed by atoms with van der Waals surface area (Å²) in [4.78, 5) is 13.5. The van der Waals surface area contributed by atoms with Crippen LogP contribution in [0.3, 0.4) is 0 Å². The van der Waals surface area contributed by atoms with Gasteiger partial charge in [0.2, 0.25) is 0 Å². The van der Waals surface area contributed by atoms with E-state index in [9.17, 15) is 9.90 Å². The molecule has 0 spiro atoms.